The highest BCUT2D eigenvalue weighted by atomic mass is 19.1. The summed E-state index contributed by atoms with van der Waals surface area (Å²) < 4.78 is 25.1. The number of anilines is 1. The monoisotopic (exact) mass is 387 g/mol. The molecule has 2 heterocycles. The first kappa shape index (κ1) is 19.7. The Hall–Kier alpha value is -3.07. The van der Waals surface area contributed by atoms with Gasteiger partial charge in [-0.3, -0.25) is 10.2 Å². The van der Waals surface area contributed by atoms with Gasteiger partial charge in [-0.15, -0.1) is 0 Å². The number of carbonyl (C=O) groups excluding carboxylic acids is 1. The lowest BCUT2D eigenvalue weighted by molar-refractivity contribution is -0.143. The smallest absolute Gasteiger partial charge is 0.313 e. The fraction of sp³-hybridized carbons (Fsp3) is 0.368. The van der Waals surface area contributed by atoms with Crippen LogP contribution in [0.5, 0.6) is 0 Å². The van der Waals surface area contributed by atoms with Crippen molar-refractivity contribution in [1.29, 1.82) is 5.41 Å². The Kier molecular flexibility index (Phi) is 6.49. The van der Waals surface area contributed by atoms with Crippen LogP contribution in [0.15, 0.2) is 30.6 Å². The van der Waals surface area contributed by atoms with Gasteiger partial charge in [-0.1, -0.05) is 18.2 Å². The molecule has 148 valence electrons. The molecule has 0 aliphatic carbocycles. The van der Waals surface area contributed by atoms with Crippen LogP contribution in [0.3, 0.4) is 0 Å². The summed E-state index contributed by atoms with van der Waals surface area (Å²) in [5, 5.41) is 10.3. The number of aromatic nitrogens is 2. The molecule has 0 atom stereocenters. The summed E-state index contributed by atoms with van der Waals surface area (Å²) in [6.07, 6.45) is 4.57. The number of hydrogen-bond acceptors (Lipinski definition) is 7. The lowest BCUT2D eigenvalue weighted by Crippen LogP contribution is -2.28. The largest absolute Gasteiger partial charge is 0.460 e. The van der Waals surface area contributed by atoms with E-state index in [9.17, 15) is 9.18 Å². The van der Waals surface area contributed by atoms with Gasteiger partial charge in [0.2, 0.25) is 5.95 Å². The number of ether oxygens (including phenoxy) is 2. The topological polar surface area (TPSA) is 123 Å². The summed E-state index contributed by atoms with van der Waals surface area (Å²) in [5.41, 5.74) is 6.21. The van der Waals surface area contributed by atoms with Crippen molar-refractivity contribution in [1.82, 2.24) is 9.97 Å². The standard InChI is InChI=1S/C19H22FN5O3/c20-18-12(11-28-17(26)8-16(21)22)2-1-3-15(18)13-9-23-19(24-10-13)25-14-4-6-27-7-5-14/h1-3,9-10,14H,4-8,11H2,(H3,21,22)(H,23,24,25). The normalized spacial score (nSPS) is 14.5. The van der Waals surface area contributed by atoms with Crippen LogP contribution in [0.25, 0.3) is 11.1 Å². The maximum Gasteiger partial charge on any atom is 0.313 e. The molecule has 0 amide bonds. The summed E-state index contributed by atoms with van der Waals surface area (Å²) in [5.74, 6) is -0.993. The molecule has 1 aliphatic heterocycles. The number of rotatable bonds is 7. The molecule has 0 spiro atoms. The van der Waals surface area contributed by atoms with Crippen LogP contribution in [0.4, 0.5) is 10.3 Å². The second-order valence-corrected chi connectivity index (χ2v) is 6.47. The molecular weight excluding hydrogens is 365 g/mol. The number of esters is 1. The Bertz CT molecular complexity index is 838. The third-order valence-corrected chi connectivity index (χ3v) is 4.32. The minimum Gasteiger partial charge on any atom is -0.460 e. The van der Waals surface area contributed by atoms with E-state index in [1.54, 1.807) is 24.5 Å². The van der Waals surface area contributed by atoms with Gasteiger partial charge in [0.15, 0.2) is 0 Å². The maximum absolute atomic E-state index is 14.8. The second-order valence-electron chi connectivity index (χ2n) is 6.47. The highest BCUT2D eigenvalue weighted by molar-refractivity contribution is 5.94. The minimum atomic E-state index is -0.677. The highest BCUT2D eigenvalue weighted by Gasteiger charge is 2.16. The van der Waals surface area contributed by atoms with Gasteiger partial charge < -0.3 is 20.5 Å². The molecule has 0 bridgehead atoms. The van der Waals surface area contributed by atoms with Crippen molar-refractivity contribution in [3.63, 3.8) is 0 Å². The molecular formula is C19H22FN5O3. The average Bonchev–Trinajstić information content (AvgIpc) is 2.68. The Labute approximate surface area is 161 Å². The Morgan fingerprint density at radius 3 is 2.71 bits per heavy atom. The Morgan fingerprint density at radius 1 is 1.32 bits per heavy atom. The number of benzene rings is 1. The van der Waals surface area contributed by atoms with Crippen LogP contribution in [-0.4, -0.2) is 41.0 Å². The van der Waals surface area contributed by atoms with Crippen LogP contribution < -0.4 is 11.1 Å². The lowest BCUT2D eigenvalue weighted by Gasteiger charge is -2.22. The van der Waals surface area contributed by atoms with E-state index in [0.29, 0.717) is 30.3 Å². The number of nitrogens with zero attached hydrogens (tertiary/aromatic N) is 2. The van der Waals surface area contributed by atoms with E-state index in [0.717, 1.165) is 12.8 Å². The van der Waals surface area contributed by atoms with Gasteiger partial charge in [0.1, 0.15) is 24.7 Å². The summed E-state index contributed by atoms with van der Waals surface area (Å²) in [4.78, 5) is 20.0. The van der Waals surface area contributed by atoms with E-state index in [2.05, 4.69) is 15.3 Å². The zero-order valence-electron chi connectivity index (χ0n) is 15.3. The predicted molar refractivity (Wildman–Crippen MR) is 101 cm³/mol. The maximum atomic E-state index is 14.8. The number of halogens is 1. The van der Waals surface area contributed by atoms with Crippen molar-refractivity contribution < 1.29 is 18.7 Å². The summed E-state index contributed by atoms with van der Waals surface area (Å²) in [6, 6.07) is 5.08. The third-order valence-electron chi connectivity index (χ3n) is 4.32. The number of amidine groups is 1. The molecule has 3 rings (SSSR count). The molecule has 28 heavy (non-hydrogen) atoms. The van der Waals surface area contributed by atoms with Crippen molar-refractivity contribution in [2.75, 3.05) is 18.5 Å². The summed E-state index contributed by atoms with van der Waals surface area (Å²) in [6.45, 7) is 1.19. The van der Waals surface area contributed by atoms with E-state index in [-0.39, 0.29) is 30.5 Å². The molecule has 9 heteroatoms. The van der Waals surface area contributed by atoms with E-state index < -0.39 is 11.8 Å². The highest BCUT2D eigenvalue weighted by Crippen LogP contribution is 2.25. The molecule has 1 saturated heterocycles. The van der Waals surface area contributed by atoms with Crippen LogP contribution >= 0.6 is 0 Å². The van der Waals surface area contributed by atoms with E-state index in [1.807, 2.05) is 0 Å². The first-order valence-electron chi connectivity index (χ1n) is 8.95. The first-order valence-corrected chi connectivity index (χ1v) is 8.95. The number of nitrogens with one attached hydrogen (secondary N) is 2. The molecule has 1 aromatic heterocycles. The quantitative estimate of drug-likeness (QED) is 0.378. The summed E-state index contributed by atoms with van der Waals surface area (Å²) in [7, 11) is 0. The fourth-order valence-electron chi connectivity index (χ4n) is 2.85. The van der Waals surface area contributed by atoms with Crippen LogP contribution in [-0.2, 0) is 20.9 Å². The number of carbonyl (C=O) groups is 1. The summed E-state index contributed by atoms with van der Waals surface area (Å²) >= 11 is 0. The van der Waals surface area contributed by atoms with Gasteiger partial charge in [0.25, 0.3) is 0 Å². The second kappa shape index (κ2) is 9.23. The molecule has 4 N–H and O–H groups in total. The first-order chi connectivity index (χ1) is 13.5. The SMILES string of the molecule is N=C(N)CC(=O)OCc1cccc(-c2cnc(NC3CCOCC3)nc2)c1F. The third kappa shape index (κ3) is 5.23. The van der Waals surface area contributed by atoms with Crippen molar-refractivity contribution in [3.05, 3.63) is 42.0 Å². The predicted octanol–water partition coefficient (Wildman–Crippen LogP) is 2.24. The van der Waals surface area contributed by atoms with Gasteiger partial charge in [0, 0.05) is 48.3 Å². The van der Waals surface area contributed by atoms with Crippen LogP contribution in [0, 0.1) is 11.2 Å². The molecule has 8 nitrogen and oxygen atoms in total. The van der Waals surface area contributed by atoms with Gasteiger partial charge in [-0.25, -0.2) is 14.4 Å². The molecule has 0 radical (unpaired) electrons. The minimum absolute atomic E-state index is 0.221. The molecule has 0 unspecified atom stereocenters. The Morgan fingerprint density at radius 2 is 2.04 bits per heavy atom. The van der Waals surface area contributed by atoms with Gasteiger partial charge in [-0.2, -0.15) is 0 Å². The van der Waals surface area contributed by atoms with E-state index in [1.165, 1.54) is 6.07 Å². The fourth-order valence-corrected chi connectivity index (χ4v) is 2.85. The van der Waals surface area contributed by atoms with Crippen molar-refractivity contribution >= 4 is 17.8 Å². The van der Waals surface area contributed by atoms with Crippen molar-refractivity contribution in [2.24, 2.45) is 5.73 Å². The molecule has 1 aliphatic rings. The van der Waals surface area contributed by atoms with Gasteiger partial charge in [0.05, 0.1) is 0 Å². The van der Waals surface area contributed by atoms with E-state index >= 15 is 0 Å². The van der Waals surface area contributed by atoms with Crippen molar-refractivity contribution in [3.8, 4) is 11.1 Å². The van der Waals surface area contributed by atoms with Crippen LogP contribution in [0.1, 0.15) is 24.8 Å². The van der Waals surface area contributed by atoms with Gasteiger partial charge in [-0.05, 0) is 12.8 Å². The lowest BCUT2D eigenvalue weighted by atomic mass is 10.1. The molecule has 1 fully saturated rings. The Balaban J connectivity index is 1.67. The van der Waals surface area contributed by atoms with E-state index in [4.69, 9.17) is 20.6 Å². The van der Waals surface area contributed by atoms with Gasteiger partial charge >= 0.3 is 5.97 Å². The molecule has 2 aromatic rings. The molecule has 1 aromatic carbocycles. The zero-order valence-corrected chi connectivity index (χ0v) is 15.3. The molecule has 0 saturated carbocycles. The van der Waals surface area contributed by atoms with Crippen molar-refractivity contribution in [2.45, 2.75) is 31.9 Å². The number of hydrogen-bond donors (Lipinski definition) is 3. The van der Waals surface area contributed by atoms with Crippen LogP contribution in [0.2, 0.25) is 0 Å². The zero-order chi connectivity index (χ0) is 19.9. The number of nitrogens with two attached hydrogens (primary N) is 1. The average molecular weight is 387 g/mol.